The quantitative estimate of drug-likeness (QED) is 0.516. The van der Waals surface area contributed by atoms with E-state index in [-0.39, 0.29) is 18.2 Å². The van der Waals surface area contributed by atoms with E-state index in [0.29, 0.717) is 17.9 Å². The van der Waals surface area contributed by atoms with Crippen molar-refractivity contribution >= 4 is 5.78 Å². The first-order valence-electron chi connectivity index (χ1n) is 5.41. The van der Waals surface area contributed by atoms with Gasteiger partial charge in [0.15, 0.2) is 12.4 Å². The minimum atomic E-state index is 0. The first kappa shape index (κ1) is 14.2. The van der Waals surface area contributed by atoms with E-state index in [0.717, 1.165) is 0 Å². The van der Waals surface area contributed by atoms with Gasteiger partial charge in [0, 0.05) is 17.7 Å². The van der Waals surface area contributed by atoms with E-state index >= 15 is 0 Å². The highest BCUT2D eigenvalue weighted by Crippen LogP contribution is 2.12. The van der Waals surface area contributed by atoms with Crippen LogP contribution in [0.4, 0.5) is 0 Å². The lowest BCUT2D eigenvalue weighted by molar-refractivity contribution is -0.683. The summed E-state index contributed by atoms with van der Waals surface area (Å²) in [5, 5.41) is 0. The van der Waals surface area contributed by atoms with Crippen molar-refractivity contribution in [2.75, 3.05) is 7.11 Å². The number of methoxy groups -OCH3 is 1. The number of halogens is 1. The van der Waals surface area contributed by atoms with Gasteiger partial charge >= 0.3 is 0 Å². The van der Waals surface area contributed by atoms with Gasteiger partial charge < -0.3 is 17.1 Å². The number of nitrogens with zero attached hydrogens (tertiary/aromatic N) is 1. The molecule has 0 radical (unpaired) electrons. The largest absolute Gasteiger partial charge is 1.00 e. The van der Waals surface area contributed by atoms with Gasteiger partial charge in [-0.05, 0) is 12.1 Å². The maximum absolute atomic E-state index is 12.0. The molecule has 0 saturated carbocycles. The Hall–Kier alpha value is -1.87. The third-order valence-electron chi connectivity index (χ3n) is 2.50. The van der Waals surface area contributed by atoms with Crippen molar-refractivity contribution in [1.29, 1.82) is 0 Å². The maximum Gasteiger partial charge on any atom is 0.227 e. The number of aromatic nitrogens is 1. The van der Waals surface area contributed by atoms with Gasteiger partial charge in [-0.25, -0.2) is 0 Å². The van der Waals surface area contributed by atoms with Crippen molar-refractivity contribution in [3.63, 3.8) is 0 Å². The fourth-order valence-electron chi connectivity index (χ4n) is 1.59. The summed E-state index contributed by atoms with van der Waals surface area (Å²) in [5.41, 5.74) is 0.667. The van der Waals surface area contributed by atoms with Crippen molar-refractivity contribution in [2.24, 2.45) is 0 Å². The summed E-state index contributed by atoms with van der Waals surface area (Å²) in [6.07, 6.45) is 3.75. The zero-order valence-electron chi connectivity index (χ0n) is 10.0. The molecule has 1 aromatic carbocycles. The number of hydrogen-bond acceptors (Lipinski definition) is 2. The summed E-state index contributed by atoms with van der Waals surface area (Å²) >= 11 is 0. The van der Waals surface area contributed by atoms with Gasteiger partial charge in [0.2, 0.25) is 12.3 Å². The molecule has 0 spiro atoms. The third-order valence-corrected chi connectivity index (χ3v) is 2.50. The lowest BCUT2D eigenvalue weighted by Crippen LogP contribution is -3.00. The fraction of sp³-hybridized carbons (Fsp3) is 0.143. The van der Waals surface area contributed by atoms with Crippen LogP contribution in [0.15, 0.2) is 54.9 Å². The smallest absolute Gasteiger partial charge is 0.227 e. The minimum Gasteiger partial charge on any atom is -1.00 e. The molecule has 0 amide bonds. The highest BCUT2D eigenvalue weighted by molar-refractivity contribution is 5.95. The average molecular weight is 264 g/mol. The van der Waals surface area contributed by atoms with Gasteiger partial charge in [-0.15, -0.1) is 0 Å². The maximum atomic E-state index is 12.0. The van der Waals surface area contributed by atoms with E-state index in [9.17, 15) is 4.79 Å². The van der Waals surface area contributed by atoms with Crippen LogP contribution in [0.1, 0.15) is 10.4 Å². The van der Waals surface area contributed by atoms with Crippen LogP contribution in [-0.2, 0) is 6.54 Å². The van der Waals surface area contributed by atoms with Crippen LogP contribution in [0.5, 0.6) is 5.75 Å². The lowest BCUT2D eigenvalue weighted by atomic mass is 10.1. The van der Waals surface area contributed by atoms with Crippen molar-refractivity contribution in [1.82, 2.24) is 0 Å². The predicted molar refractivity (Wildman–Crippen MR) is 64.0 cm³/mol. The van der Waals surface area contributed by atoms with Gasteiger partial charge in [0.25, 0.3) is 0 Å². The Kier molecular flexibility index (Phi) is 5.33. The van der Waals surface area contributed by atoms with Gasteiger partial charge in [-0.3, -0.25) is 4.79 Å². The molecule has 3 nitrogen and oxygen atoms in total. The van der Waals surface area contributed by atoms with Crippen molar-refractivity contribution in [3.8, 4) is 5.75 Å². The molecule has 18 heavy (non-hydrogen) atoms. The Morgan fingerprint density at radius 2 is 1.89 bits per heavy atom. The second-order valence-electron chi connectivity index (χ2n) is 3.70. The molecule has 0 saturated heterocycles. The molecule has 0 unspecified atom stereocenters. The molecule has 0 N–H and O–H groups in total. The SMILES string of the molecule is COc1cccc(C(=O)C[n+]2ccccc2)c1.[Cl-]. The monoisotopic (exact) mass is 263 g/mol. The second kappa shape index (κ2) is 6.77. The van der Waals surface area contributed by atoms with E-state index in [1.807, 2.05) is 47.3 Å². The normalized spacial score (nSPS) is 9.39. The third kappa shape index (κ3) is 3.57. The second-order valence-corrected chi connectivity index (χ2v) is 3.70. The molecular weight excluding hydrogens is 250 g/mol. The highest BCUT2D eigenvalue weighted by Gasteiger charge is 2.11. The molecule has 2 rings (SSSR count). The molecule has 0 aliphatic carbocycles. The molecule has 0 aliphatic heterocycles. The molecule has 1 heterocycles. The van der Waals surface area contributed by atoms with E-state index < -0.39 is 0 Å². The Morgan fingerprint density at radius 3 is 2.56 bits per heavy atom. The number of Topliss-reactive ketones (excluding diaryl/α,β-unsaturated/α-hetero) is 1. The molecule has 0 fully saturated rings. The van der Waals surface area contributed by atoms with Crippen LogP contribution in [0.2, 0.25) is 0 Å². The van der Waals surface area contributed by atoms with E-state index in [4.69, 9.17) is 4.74 Å². The number of ketones is 1. The van der Waals surface area contributed by atoms with Crippen molar-refractivity contribution < 1.29 is 26.5 Å². The predicted octanol–water partition coefficient (Wildman–Crippen LogP) is -1.13. The summed E-state index contributed by atoms with van der Waals surface area (Å²) in [6.45, 7) is 0.341. The van der Waals surface area contributed by atoms with Crippen LogP contribution < -0.4 is 21.7 Å². The summed E-state index contributed by atoms with van der Waals surface area (Å²) < 4.78 is 6.95. The number of ether oxygens (including phenoxy) is 1. The van der Waals surface area contributed by atoms with Gasteiger partial charge in [-0.1, -0.05) is 18.2 Å². The number of pyridine rings is 1. The first-order chi connectivity index (χ1) is 8.29. The molecule has 4 heteroatoms. The number of hydrogen-bond donors (Lipinski definition) is 0. The van der Waals surface area contributed by atoms with E-state index in [2.05, 4.69) is 0 Å². The number of benzene rings is 1. The Balaban J connectivity index is 0.00000162. The molecular formula is C14H14ClNO2. The summed E-state index contributed by atoms with van der Waals surface area (Å²) in [5.74, 6) is 0.772. The summed E-state index contributed by atoms with van der Waals surface area (Å²) in [7, 11) is 1.59. The Morgan fingerprint density at radius 1 is 1.17 bits per heavy atom. The standard InChI is InChI=1S/C14H14NO2.ClH/c1-17-13-7-5-6-12(10-13)14(16)11-15-8-3-2-4-9-15;/h2-10H,11H2,1H3;1H/q+1;/p-1. The molecule has 0 aliphatic rings. The topological polar surface area (TPSA) is 30.2 Å². The van der Waals surface area contributed by atoms with Gasteiger partial charge in [-0.2, -0.15) is 4.57 Å². The highest BCUT2D eigenvalue weighted by atomic mass is 35.5. The fourth-order valence-corrected chi connectivity index (χ4v) is 1.59. The van der Waals surface area contributed by atoms with E-state index in [1.54, 1.807) is 19.2 Å². The van der Waals surface area contributed by atoms with Crippen LogP contribution in [0, 0.1) is 0 Å². The molecule has 0 atom stereocenters. The molecule has 1 aromatic heterocycles. The van der Waals surface area contributed by atoms with Crippen molar-refractivity contribution in [3.05, 3.63) is 60.4 Å². The summed E-state index contributed by atoms with van der Waals surface area (Å²) in [4.78, 5) is 12.0. The van der Waals surface area contributed by atoms with Crippen molar-refractivity contribution in [2.45, 2.75) is 6.54 Å². The van der Waals surface area contributed by atoms with E-state index in [1.165, 1.54) is 0 Å². The zero-order chi connectivity index (χ0) is 12.1. The van der Waals surface area contributed by atoms with Crippen LogP contribution in [0.25, 0.3) is 0 Å². The molecule has 94 valence electrons. The Bertz CT molecular complexity index is 514. The number of rotatable bonds is 4. The zero-order valence-corrected chi connectivity index (χ0v) is 10.8. The van der Waals surface area contributed by atoms with Crippen LogP contribution >= 0.6 is 0 Å². The minimum absolute atomic E-state index is 0. The average Bonchev–Trinajstić information content (AvgIpc) is 2.40. The van der Waals surface area contributed by atoms with Gasteiger partial charge in [0.1, 0.15) is 5.75 Å². The number of carbonyl (C=O) groups excluding carboxylic acids is 1. The first-order valence-corrected chi connectivity index (χ1v) is 5.41. The summed E-state index contributed by atoms with van der Waals surface area (Å²) in [6, 6.07) is 12.9. The number of carbonyl (C=O) groups is 1. The Labute approximate surface area is 112 Å². The van der Waals surface area contributed by atoms with Gasteiger partial charge in [0.05, 0.1) is 7.11 Å². The van der Waals surface area contributed by atoms with Crippen LogP contribution in [-0.4, -0.2) is 12.9 Å². The molecule has 0 bridgehead atoms. The molecule has 2 aromatic rings. The lowest BCUT2D eigenvalue weighted by Gasteiger charge is -2.01. The van der Waals surface area contributed by atoms with Crippen LogP contribution in [0.3, 0.4) is 0 Å².